The average molecular weight is 282 g/mol. The minimum absolute atomic E-state index is 0.196. The molecule has 0 saturated heterocycles. The molecule has 0 aromatic heterocycles. The summed E-state index contributed by atoms with van der Waals surface area (Å²) in [4.78, 5) is 10.8. The summed E-state index contributed by atoms with van der Waals surface area (Å²) in [6, 6.07) is 15.6. The van der Waals surface area contributed by atoms with Gasteiger partial charge in [-0.3, -0.25) is 0 Å². The van der Waals surface area contributed by atoms with Gasteiger partial charge in [-0.25, -0.2) is 4.79 Å². The van der Waals surface area contributed by atoms with Crippen molar-refractivity contribution in [2.24, 2.45) is 0 Å². The van der Waals surface area contributed by atoms with Gasteiger partial charge >= 0.3 is 5.97 Å². The molecule has 5 heteroatoms. The Balaban J connectivity index is 1.83. The molecule has 2 rings (SSSR count). The second kappa shape index (κ2) is 6.96. The molecular formula is C16H14N2O3. The summed E-state index contributed by atoms with van der Waals surface area (Å²) in [5.41, 5.74) is 1.63. The Morgan fingerprint density at radius 1 is 1.24 bits per heavy atom. The number of carbonyl (C=O) groups is 1. The summed E-state index contributed by atoms with van der Waals surface area (Å²) < 4.78 is 5.48. The van der Waals surface area contributed by atoms with E-state index in [4.69, 9.17) is 15.1 Å². The van der Waals surface area contributed by atoms with Gasteiger partial charge in [0.05, 0.1) is 17.2 Å². The predicted molar refractivity (Wildman–Crippen MR) is 78.5 cm³/mol. The third-order valence-electron chi connectivity index (χ3n) is 2.77. The molecule has 0 heterocycles. The highest BCUT2D eigenvalue weighted by Gasteiger charge is 2.03. The van der Waals surface area contributed by atoms with Crippen molar-refractivity contribution in [3.63, 3.8) is 0 Å². The summed E-state index contributed by atoms with van der Waals surface area (Å²) in [5.74, 6) is -0.464. The summed E-state index contributed by atoms with van der Waals surface area (Å²) in [5, 5.41) is 20.8. The van der Waals surface area contributed by atoms with Crippen molar-refractivity contribution in [3.8, 4) is 11.8 Å². The van der Waals surface area contributed by atoms with Crippen LogP contribution in [0.25, 0.3) is 0 Å². The van der Waals surface area contributed by atoms with Crippen LogP contribution in [0.4, 0.5) is 5.69 Å². The highest BCUT2D eigenvalue weighted by Crippen LogP contribution is 2.13. The van der Waals surface area contributed by atoms with Gasteiger partial charge in [-0.05, 0) is 36.4 Å². The van der Waals surface area contributed by atoms with Gasteiger partial charge in [0.25, 0.3) is 0 Å². The van der Waals surface area contributed by atoms with Crippen LogP contribution in [0.5, 0.6) is 5.75 Å². The maximum absolute atomic E-state index is 10.8. The number of carboxylic acids is 1. The van der Waals surface area contributed by atoms with Crippen molar-refractivity contribution in [1.29, 1.82) is 5.26 Å². The minimum Gasteiger partial charge on any atom is -0.492 e. The van der Waals surface area contributed by atoms with Gasteiger partial charge < -0.3 is 15.2 Å². The second-order valence-electron chi connectivity index (χ2n) is 4.30. The first-order valence-electron chi connectivity index (χ1n) is 6.39. The van der Waals surface area contributed by atoms with E-state index in [1.54, 1.807) is 30.3 Å². The number of nitrogens with one attached hydrogen (secondary N) is 1. The standard InChI is InChI=1S/C16H14N2O3/c17-11-12-3-1-5-14(9-12)18-7-8-21-15-6-2-4-13(10-15)16(19)20/h1-6,9-10,18H,7-8H2,(H,19,20). The maximum Gasteiger partial charge on any atom is 0.335 e. The number of rotatable bonds is 6. The number of aromatic carboxylic acids is 1. The molecule has 0 saturated carbocycles. The molecule has 0 fully saturated rings. The fourth-order valence-corrected chi connectivity index (χ4v) is 1.78. The molecule has 2 aromatic rings. The first-order valence-corrected chi connectivity index (χ1v) is 6.39. The molecule has 0 aliphatic rings. The monoisotopic (exact) mass is 282 g/mol. The summed E-state index contributed by atoms with van der Waals surface area (Å²) in [6.07, 6.45) is 0. The lowest BCUT2D eigenvalue weighted by Gasteiger charge is -2.09. The molecule has 0 atom stereocenters. The van der Waals surface area contributed by atoms with E-state index in [0.717, 1.165) is 5.69 Å². The highest BCUT2D eigenvalue weighted by atomic mass is 16.5. The third-order valence-corrected chi connectivity index (χ3v) is 2.77. The van der Waals surface area contributed by atoms with E-state index in [1.165, 1.54) is 12.1 Å². The van der Waals surface area contributed by atoms with Gasteiger partial charge in [-0.1, -0.05) is 12.1 Å². The van der Waals surface area contributed by atoms with Crippen molar-refractivity contribution in [2.45, 2.75) is 0 Å². The van der Waals surface area contributed by atoms with Crippen molar-refractivity contribution in [3.05, 3.63) is 59.7 Å². The van der Waals surface area contributed by atoms with Gasteiger partial charge in [0.15, 0.2) is 0 Å². The van der Waals surface area contributed by atoms with E-state index in [1.807, 2.05) is 6.07 Å². The largest absolute Gasteiger partial charge is 0.492 e. The second-order valence-corrected chi connectivity index (χ2v) is 4.30. The van der Waals surface area contributed by atoms with Gasteiger partial charge in [0, 0.05) is 12.2 Å². The molecule has 0 aliphatic heterocycles. The molecule has 21 heavy (non-hydrogen) atoms. The number of carboxylic acid groups (broad SMARTS) is 1. The summed E-state index contributed by atoms with van der Waals surface area (Å²) >= 11 is 0. The van der Waals surface area contributed by atoms with Crippen LogP contribution in [0, 0.1) is 11.3 Å². The van der Waals surface area contributed by atoms with Crippen LogP contribution < -0.4 is 10.1 Å². The van der Waals surface area contributed by atoms with Crippen LogP contribution in [-0.4, -0.2) is 24.2 Å². The van der Waals surface area contributed by atoms with Gasteiger partial charge in [0.1, 0.15) is 12.4 Å². The molecule has 0 bridgehead atoms. The predicted octanol–water partition coefficient (Wildman–Crippen LogP) is 2.75. The van der Waals surface area contributed by atoms with E-state index in [0.29, 0.717) is 24.5 Å². The van der Waals surface area contributed by atoms with Crippen LogP contribution >= 0.6 is 0 Å². The third kappa shape index (κ3) is 4.25. The minimum atomic E-state index is -0.980. The van der Waals surface area contributed by atoms with Crippen LogP contribution in [0.15, 0.2) is 48.5 Å². The van der Waals surface area contributed by atoms with E-state index >= 15 is 0 Å². The van der Waals surface area contributed by atoms with E-state index in [9.17, 15) is 4.79 Å². The molecule has 5 nitrogen and oxygen atoms in total. The number of nitriles is 1. The zero-order valence-electron chi connectivity index (χ0n) is 11.2. The van der Waals surface area contributed by atoms with Gasteiger partial charge in [-0.2, -0.15) is 5.26 Å². The van der Waals surface area contributed by atoms with E-state index < -0.39 is 5.97 Å². The SMILES string of the molecule is N#Cc1cccc(NCCOc2cccc(C(=O)O)c2)c1. The van der Waals surface area contributed by atoms with Crippen molar-refractivity contribution in [2.75, 3.05) is 18.5 Å². The lowest BCUT2D eigenvalue weighted by atomic mass is 10.2. The molecular weight excluding hydrogens is 268 g/mol. The molecule has 2 aromatic carbocycles. The molecule has 106 valence electrons. The normalized spacial score (nSPS) is 9.67. The van der Waals surface area contributed by atoms with Crippen molar-refractivity contribution >= 4 is 11.7 Å². The molecule has 0 aliphatic carbocycles. The summed E-state index contributed by atoms with van der Waals surface area (Å²) in [6.45, 7) is 0.937. The smallest absolute Gasteiger partial charge is 0.335 e. The molecule has 2 N–H and O–H groups in total. The van der Waals surface area contributed by atoms with Crippen LogP contribution in [0.3, 0.4) is 0 Å². The number of nitrogens with zero attached hydrogens (tertiary/aromatic N) is 1. The zero-order valence-corrected chi connectivity index (χ0v) is 11.2. The molecule has 0 unspecified atom stereocenters. The number of ether oxygens (including phenoxy) is 1. The molecule has 0 spiro atoms. The van der Waals surface area contributed by atoms with Gasteiger partial charge in [0.2, 0.25) is 0 Å². The Bertz CT molecular complexity index is 677. The average Bonchev–Trinajstić information content (AvgIpc) is 2.52. The zero-order chi connectivity index (χ0) is 15.1. The molecule has 0 radical (unpaired) electrons. The maximum atomic E-state index is 10.8. The lowest BCUT2D eigenvalue weighted by molar-refractivity contribution is 0.0696. The lowest BCUT2D eigenvalue weighted by Crippen LogP contribution is -2.11. The highest BCUT2D eigenvalue weighted by molar-refractivity contribution is 5.87. The first kappa shape index (κ1) is 14.4. The number of anilines is 1. The van der Waals surface area contributed by atoms with Crippen LogP contribution in [-0.2, 0) is 0 Å². The quantitative estimate of drug-likeness (QED) is 0.796. The van der Waals surface area contributed by atoms with E-state index in [2.05, 4.69) is 11.4 Å². The number of hydrogen-bond acceptors (Lipinski definition) is 4. The topological polar surface area (TPSA) is 82.3 Å². The Labute approximate surface area is 122 Å². The van der Waals surface area contributed by atoms with Crippen molar-refractivity contribution in [1.82, 2.24) is 0 Å². The first-order chi connectivity index (χ1) is 10.2. The van der Waals surface area contributed by atoms with Gasteiger partial charge in [-0.15, -0.1) is 0 Å². The Morgan fingerprint density at radius 3 is 2.81 bits per heavy atom. The number of hydrogen-bond donors (Lipinski definition) is 2. The van der Waals surface area contributed by atoms with E-state index in [-0.39, 0.29) is 5.56 Å². The van der Waals surface area contributed by atoms with Crippen molar-refractivity contribution < 1.29 is 14.6 Å². The fraction of sp³-hybridized carbons (Fsp3) is 0.125. The Kier molecular flexibility index (Phi) is 4.78. The fourth-order valence-electron chi connectivity index (χ4n) is 1.78. The summed E-state index contributed by atoms with van der Waals surface area (Å²) in [7, 11) is 0. The van der Waals surface area contributed by atoms with Crippen LogP contribution in [0.1, 0.15) is 15.9 Å². The van der Waals surface area contributed by atoms with Crippen LogP contribution in [0.2, 0.25) is 0 Å². The Hall–Kier alpha value is -3.00. The number of benzene rings is 2. The Morgan fingerprint density at radius 2 is 2.05 bits per heavy atom. The molecule has 0 amide bonds.